The van der Waals surface area contributed by atoms with Gasteiger partial charge in [-0.25, -0.2) is 0 Å². The van der Waals surface area contributed by atoms with Crippen molar-refractivity contribution < 1.29 is 9.15 Å². The average Bonchev–Trinajstić information content (AvgIpc) is 2.15. The van der Waals surface area contributed by atoms with Gasteiger partial charge in [0.25, 0.3) is 0 Å². The molecule has 3 heteroatoms. The molecule has 0 aliphatic heterocycles. The molecule has 0 aromatic carbocycles. The first-order valence-corrected chi connectivity index (χ1v) is 4.34. The smallest absolute Gasteiger partial charge is 0.227 e. The normalized spacial score (nSPS) is 9.86. The molecule has 0 unspecified atom stereocenters. The highest BCUT2D eigenvalue weighted by Crippen LogP contribution is 2.22. The molecular weight excluding hydrogens is 180 g/mol. The Morgan fingerprint density at radius 3 is 2.93 bits per heavy atom. The lowest BCUT2D eigenvalue weighted by Gasteiger charge is -2.09. The highest BCUT2D eigenvalue weighted by atomic mass is 16.5. The van der Waals surface area contributed by atoms with Crippen LogP contribution in [0.25, 0.3) is 0 Å². The van der Waals surface area contributed by atoms with Crippen LogP contribution in [0.15, 0.2) is 21.5 Å². The van der Waals surface area contributed by atoms with E-state index in [0.29, 0.717) is 5.76 Å². The van der Waals surface area contributed by atoms with Crippen molar-refractivity contribution in [1.29, 1.82) is 0 Å². The van der Waals surface area contributed by atoms with Gasteiger partial charge in [0.2, 0.25) is 11.2 Å². The number of ether oxygens (including phenoxy) is 1. The van der Waals surface area contributed by atoms with Gasteiger partial charge in [0.15, 0.2) is 5.76 Å². The summed E-state index contributed by atoms with van der Waals surface area (Å²) in [4.78, 5) is 11.4. The molecule has 0 spiro atoms. The Hall–Kier alpha value is -1.69. The fourth-order valence-electron chi connectivity index (χ4n) is 1.07. The van der Waals surface area contributed by atoms with Gasteiger partial charge in [-0.15, -0.1) is 6.42 Å². The topological polar surface area (TPSA) is 39.4 Å². The maximum atomic E-state index is 11.4. The van der Waals surface area contributed by atoms with Crippen LogP contribution in [0, 0.1) is 12.3 Å². The highest BCUT2D eigenvalue weighted by molar-refractivity contribution is 5.27. The summed E-state index contributed by atoms with van der Waals surface area (Å²) < 4.78 is 10.3. The Morgan fingerprint density at radius 2 is 2.36 bits per heavy atom. The van der Waals surface area contributed by atoms with Gasteiger partial charge in [0.05, 0.1) is 6.26 Å². The summed E-state index contributed by atoms with van der Waals surface area (Å²) in [6.07, 6.45) is 6.41. The second kappa shape index (κ2) is 4.52. The van der Waals surface area contributed by atoms with Gasteiger partial charge in [0, 0.05) is 12.0 Å². The number of terminal acetylenes is 1. The molecule has 0 atom stereocenters. The number of hydrogen-bond acceptors (Lipinski definition) is 3. The summed E-state index contributed by atoms with van der Waals surface area (Å²) in [7, 11) is 0. The predicted octanol–water partition coefficient (Wildman–Crippen LogP) is 1.78. The molecule has 14 heavy (non-hydrogen) atoms. The molecule has 0 N–H and O–H groups in total. The summed E-state index contributed by atoms with van der Waals surface area (Å²) in [6, 6.07) is 1.32. The molecule has 0 bridgehead atoms. The van der Waals surface area contributed by atoms with E-state index in [0.717, 1.165) is 0 Å². The third-order valence-electron chi connectivity index (χ3n) is 1.69. The Bertz CT molecular complexity index is 396. The highest BCUT2D eigenvalue weighted by Gasteiger charge is 2.13. The van der Waals surface area contributed by atoms with E-state index in [1.165, 1.54) is 12.3 Å². The van der Waals surface area contributed by atoms with E-state index in [4.69, 9.17) is 15.6 Å². The molecule has 1 rings (SSSR count). The van der Waals surface area contributed by atoms with Crippen molar-refractivity contribution in [2.45, 2.75) is 19.8 Å². The zero-order chi connectivity index (χ0) is 10.6. The first-order valence-electron chi connectivity index (χ1n) is 4.34. The second-order valence-corrected chi connectivity index (χ2v) is 3.13. The fourth-order valence-corrected chi connectivity index (χ4v) is 1.07. The third kappa shape index (κ3) is 2.17. The molecule has 0 radical (unpaired) electrons. The lowest BCUT2D eigenvalue weighted by atomic mass is 10.1. The van der Waals surface area contributed by atoms with E-state index in [2.05, 4.69) is 5.92 Å². The summed E-state index contributed by atoms with van der Waals surface area (Å²) in [5.41, 5.74) is -0.199. The van der Waals surface area contributed by atoms with Crippen LogP contribution in [0.1, 0.15) is 25.5 Å². The van der Waals surface area contributed by atoms with Crippen LogP contribution < -0.4 is 10.2 Å². The SMILES string of the molecule is C#CCOc1c(C(C)C)occc1=O. The molecule has 1 aromatic heterocycles. The van der Waals surface area contributed by atoms with Gasteiger partial charge < -0.3 is 9.15 Å². The molecule has 0 aliphatic carbocycles. The van der Waals surface area contributed by atoms with E-state index < -0.39 is 0 Å². The predicted molar refractivity (Wildman–Crippen MR) is 53.4 cm³/mol. The standard InChI is InChI=1S/C11H12O3/c1-4-6-13-11-9(12)5-7-14-10(11)8(2)3/h1,5,7-8H,6H2,2-3H3. The van der Waals surface area contributed by atoms with Gasteiger partial charge in [-0.1, -0.05) is 19.8 Å². The molecule has 74 valence electrons. The van der Waals surface area contributed by atoms with Crippen molar-refractivity contribution in [2.24, 2.45) is 0 Å². The molecule has 0 amide bonds. The lowest BCUT2D eigenvalue weighted by Crippen LogP contribution is -2.10. The van der Waals surface area contributed by atoms with Crippen LogP contribution in [-0.2, 0) is 0 Å². The largest absolute Gasteiger partial charge is 0.473 e. The molecule has 1 aromatic rings. The quantitative estimate of drug-likeness (QED) is 0.685. The summed E-state index contributed by atoms with van der Waals surface area (Å²) in [6.45, 7) is 3.91. The van der Waals surface area contributed by atoms with E-state index >= 15 is 0 Å². The minimum atomic E-state index is -0.199. The van der Waals surface area contributed by atoms with Gasteiger partial charge in [-0.3, -0.25) is 4.79 Å². The Labute approximate surface area is 82.7 Å². The zero-order valence-corrected chi connectivity index (χ0v) is 8.24. The number of rotatable bonds is 3. The minimum absolute atomic E-state index is 0.0779. The molecule has 1 heterocycles. The Morgan fingerprint density at radius 1 is 1.64 bits per heavy atom. The Kier molecular flexibility index (Phi) is 3.35. The van der Waals surface area contributed by atoms with Crippen LogP contribution in [0.4, 0.5) is 0 Å². The lowest BCUT2D eigenvalue weighted by molar-refractivity contribution is 0.330. The molecule has 0 fully saturated rings. The van der Waals surface area contributed by atoms with Crippen molar-refractivity contribution in [1.82, 2.24) is 0 Å². The Balaban J connectivity index is 3.11. The van der Waals surface area contributed by atoms with E-state index in [1.807, 2.05) is 13.8 Å². The van der Waals surface area contributed by atoms with Gasteiger partial charge in [-0.2, -0.15) is 0 Å². The average molecular weight is 192 g/mol. The van der Waals surface area contributed by atoms with Crippen LogP contribution >= 0.6 is 0 Å². The molecule has 0 saturated heterocycles. The van der Waals surface area contributed by atoms with E-state index in [-0.39, 0.29) is 23.7 Å². The molecular formula is C11H12O3. The van der Waals surface area contributed by atoms with E-state index in [9.17, 15) is 4.79 Å². The monoisotopic (exact) mass is 192 g/mol. The molecule has 0 saturated carbocycles. The van der Waals surface area contributed by atoms with Crippen LogP contribution in [0.5, 0.6) is 5.75 Å². The fraction of sp³-hybridized carbons (Fsp3) is 0.364. The summed E-state index contributed by atoms with van der Waals surface area (Å²) >= 11 is 0. The minimum Gasteiger partial charge on any atom is -0.473 e. The van der Waals surface area contributed by atoms with Crippen molar-refractivity contribution in [3.8, 4) is 18.1 Å². The van der Waals surface area contributed by atoms with Crippen LogP contribution in [0.2, 0.25) is 0 Å². The van der Waals surface area contributed by atoms with Crippen LogP contribution in [0.3, 0.4) is 0 Å². The second-order valence-electron chi connectivity index (χ2n) is 3.13. The first kappa shape index (κ1) is 10.4. The van der Waals surface area contributed by atoms with Crippen molar-refractivity contribution >= 4 is 0 Å². The molecule has 3 nitrogen and oxygen atoms in total. The summed E-state index contributed by atoms with van der Waals surface area (Å²) in [5, 5.41) is 0. The first-order chi connectivity index (χ1) is 6.66. The maximum absolute atomic E-state index is 11.4. The van der Waals surface area contributed by atoms with Gasteiger partial charge in [-0.05, 0) is 0 Å². The van der Waals surface area contributed by atoms with Gasteiger partial charge >= 0.3 is 0 Å². The van der Waals surface area contributed by atoms with Crippen molar-refractivity contribution in [3.63, 3.8) is 0 Å². The third-order valence-corrected chi connectivity index (χ3v) is 1.69. The maximum Gasteiger partial charge on any atom is 0.227 e. The molecule has 0 aliphatic rings. The zero-order valence-electron chi connectivity index (χ0n) is 8.24. The summed E-state index contributed by atoms with van der Waals surface area (Å²) in [5.74, 6) is 3.16. The van der Waals surface area contributed by atoms with Crippen molar-refractivity contribution in [2.75, 3.05) is 6.61 Å². The number of hydrogen-bond donors (Lipinski definition) is 0. The van der Waals surface area contributed by atoms with Crippen LogP contribution in [-0.4, -0.2) is 6.61 Å². The van der Waals surface area contributed by atoms with E-state index in [1.54, 1.807) is 0 Å². The van der Waals surface area contributed by atoms with Gasteiger partial charge in [0.1, 0.15) is 6.61 Å². The van der Waals surface area contributed by atoms with Crippen molar-refractivity contribution in [3.05, 3.63) is 28.3 Å².